The first-order valence-electron chi connectivity index (χ1n) is 20.2. The van der Waals surface area contributed by atoms with Crippen molar-refractivity contribution in [3.63, 3.8) is 0 Å². The fraction of sp³-hybridized carbons (Fsp3) is 0.556. The van der Waals surface area contributed by atoms with Gasteiger partial charge in [-0.1, -0.05) is 142 Å². The molecule has 0 aromatic rings. The fourth-order valence-corrected chi connectivity index (χ4v) is 5.22. The van der Waals surface area contributed by atoms with Crippen molar-refractivity contribution in [2.45, 2.75) is 148 Å². The summed E-state index contributed by atoms with van der Waals surface area (Å²) in [5.74, 6) is -0.963. The summed E-state index contributed by atoms with van der Waals surface area (Å²) in [6.45, 7) is 3.39. The van der Waals surface area contributed by atoms with Crippen LogP contribution in [0.4, 0.5) is 0 Å². The number of esters is 2. The maximum absolute atomic E-state index is 12.4. The van der Waals surface area contributed by atoms with Gasteiger partial charge < -0.3 is 19.3 Å². The van der Waals surface area contributed by atoms with Crippen molar-refractivity contribution in [2.24, 2.45) is 0 Å². The summed E-state index contributed by atoms with van der Waals surface area (Å²) in [6.07, 6.45) is 55.2. The Kier molecular flexibility index (Phi) is 37.0. The average Bonchev–Trinajstić information content (AvgIpc) is 3.14. The lowest BCUT2D eigenvalue weighted by molar-refractivity contribution is -0.161. The van der Waals surface area contributed by atoms with Crippen molar-refractivity contribution in [3.05, 3.63) is 109 Å². The van der Waals surface area contributed by atoms with Crippen LogP contribution in [0.3, 0.4) is 0 Å². The van der Waals surface area contributed by atoms with Gasteiger partial charge in [0.25, 0.3) is 0 Å². The molecule has 0 heterocycles. The molecule has 0 aromatic heterocycles. The van der Waals surface area contributed by atoms with Crippen molar-refractivity contribution >= 4 is 19.8 Å². The highest BCUT2D eigenvalue weighted by molar-refractivity contribution is 7.46. The van der Waals surface area contributed by atoms with Gasteiger partial charge in [-0.05, 0) is 96.3 Å². The number of phosphoric ester groups is 1. The van der Waals surface area contributed by atoms with E-state index in [0.717, 1.165) is 103 Å². The number of unbranched alkanes of at least 4 members (excludes halogenated alkanes) is 7. The van der Waals surface area contributed by atoms with Crippen LogP contribution in [-0.2, 0) is 28.2 Å². The topological polar surface area (TPSA) is 119 Å². The van der Waals surface area contributed by atoms with Gasteiger partial charge in [0.05, 0.1) is 6.61 Å². The Balaban J connectivity index is 4.09. The highest BCUT2D eigenvalue weighted by Gasteiger charge is 2.22. The lowest BCUT2D eigenvalue weighted by atomic mass is 10.1. The van der Waals surface area contributed by atoms with E-state index in [1.165, 1.54) is 0 Å². The molecule has 0 spiro atoms. The van der Waals surface area contributed by atoms with Gasteiger partial charge in [-0.25, -0.2) is 4.57 Å². The van der Waals surface area contributed by atoms with Crippen LogP contribution in [0.1, 0.15) is 142 Å². The highest BCUT2D eigenvalue weighted by Crippen LogP contribution is 2.36. The van der Waals surface area contributed by atoms with Crippen LogP contribution in [0.25, 0.3) is 0 Å². The van der Waals surface area contributed by atoms with Gasteiger partial charge >= 0.3 is 19.8 Å². The van der Waals surface area contributed by atoms with Crippen molar-refractivity contribution in [2.75, 3.05) is 13.2 Å². The molecular formula is C45H71O8P. The first kappa shape index (κ1) is 50.7. The second kappa shape index (κ2) is 39.4. The van der Waals surface area contributed by atoms with Crippen LogP contribution in [0, 0.1) is 0 Å². The Morgan fingerprint density at radius 2 is 0.833 bits per heavy atom. The predicted molar refractivity (Wildman–Crippen MR) is 225 cm³/mol. The maximum Gasteiger partial charge on any atom is 0.469 e. The molecule has 54 heavy (non-hydrogen) atoms. The van der Waals surface area contributed by atoms with Crippen LogP contribution >= 0.6 is 7.82 Å². The number of hydrogen-bond acceptors (Lipinski definition) is 6. The quantitative estimate of drug-likeness (QED) is 0.0283. The number of rotatable bonds is 35. The van der Waals surface area contributed by atoms with Crippen LogP contribution in [-0.4, -0.2) is 41.0 Å². The Labute approximate surface area is 327 Å². The van der Waals surface area contributed by atoms with E-state index in [2.05, 4.69) is 128 Å². The van der Waals surface area contributed by atoms with Crippen LogP contribution in [0.15, 0.2) is 109 Å². The monoisotopic (exact) mass is 770 g/mol. The van der Waals surface area contributed by atoms with E-state index in [0.29, 0.717) is 12.8 Å². The predicted octanol–water partition coefficient (Wildman–Crippen LogP) is 12.4. The number of ether oxygens (including phenoxy) is 2. The fourth-order valence-electron chi connectivity index (χ4n) is 4.86. The number of allylic oxidation sites excluding steroid dienone is 18. The van der Waals surface area contributed by atoms with Gasteiger partial charge in [0.1, 0.15) is 6.61 Å². The summed E-state index contributed by atoms with van der Waals surface area (Å²) in [7, 11) is -4.78. The van der Waals surface area contributed by atoms with Crippen molar-refractivity contribution in [1.82, 2.24) is 0 Å². The molecule has 0 aliphatic carbocycles. The minimum Gasteiger partial charge on any atom is -0.462 e. The van der Waals surface area contributed by atoms with Crippen molar-refractivity contribution in [1.29, 1.82) is 0 Å². The van der Waals surface area contributed by atoms with Crippen molar-refractivity contribution < 1.29 is 37.9 Å². The van der Waals surface area contributed by atoms with Gasteiger partial charge in [-0.15, -0.1) is 0 Å². The molecule has 304 valence electrons. The molecule has 0 radical (unpaired) electrons. The molecule has 0 unspecified atom stereocenters. The third kappa shape index (κ3) is 41.5. The van der Waals surface area contributed by atoms with E-state index in [1.807, 2.05) is 0 Å². The van der Waals surface area contributed by atoms with E-state index in [-0.39, 0.29) is 19.4 Å². The van der Waals surface area contributed by atoms with E-state index >= 15 is 0 Å². The summed E-state index contributed by atoms with van der Waals surface area (Å²) in [5.41, 5.74) is 0. The molecule has 0 saturated carbocycles. The Hall–Kier alpha value is -3.29. The molecule has 0 saturated heterocycles. The van der Waals surface area contributed by atoms with Crippen LogP contribution < -0.4 is 0 Å². The third-order valence-electron chi connectivity index (χ3n) is 7.79. The Morgan fingerprint density at radius 3 is 1.24 bits per heavy atom. The van der Waals surface area contributed by atoms with Gasteiger partial charge in [0.2, 0.25) is 0 Å². The molecule has 0 amide bonds. The molecule has 0 aromatic carbocycles. The number of carbonyl (C=O) groups excluding carboxylic acids is 2. The Morgan fingerprint density at radius 1 is 0.481 bits per heavy atom. The molecule has 9 heteroatoms. The minimum atomic E-state index is -4.78. The normalized spacial score (nSPS) is 13.6. The standard InChI is InChI=1S/C45H71O8P/c1-3-5-7-9-11-13-15-17-19-21-22-24-26-28-30-32-34-36-38-40-45(47)53-43(42-52-54(48,49)50)41-51-44(46)39-37-35-33-31-29-27-25-23-20-18-16-14-12-10-8-6-4-2/h5-8,11-14,17-20,22,24-25,27-28,30,43H,3-4,9-10,15-16,21,23,26,29,31-42H2,1-2H3,(H2,48,49,50)/b7-5-,8-6-,13-11-,14-12-,19-17-,20-18-,24-22-,27-25-,30-28-/t43-/m1/s1. The molecule has 1 atom stereocenters. The van der Waals surface area contributed by atoms with Crippen molar-refractivity contribution in [3.8, 4) is 0 Å². The summed E-state index contributed by atoms with van der Waals surface area (Å²) in [4.78, 5) is 42.8. The summed E-state index contributed by atoms with van der Waals surface area (Å²) >= 11 is 0. The van der Waals surface area contributed by atoms with E-state index in [9.17, 15) is 14.2 Å². The molecule has 8 nitrogen and oxygen atoms in total. The minimum absolute atomic E-state index is 0.160. The average molecular weight is 771 g/mol. The van der Waals surface area contributed by atoms with E-state index in [1.54, 1.807) is 0 Å². The van der Waals surface area contributed by atoms with Gasteiger partial charge in [-0.3, -0.25) is 14.1 Å². The van der Waals surface area contributed by atoms with E-state index in [4.69, 9.17) is 19.3 Å². The smallest absolute Gasteiger partial charge is 0.462 e. The molecule has 0 aliphatic rings. The summed E-state index contributed by atoms with van der Waals surface area (Å²) < 4.78 is 26.3. The number of hydrogen-bond donors (Lipinski definition) is 2. The summed E-state index contributed by atoms with van der Waals surface area (Å²) in [5, 5.41) is 0. The lowest BCUT2D eigenvalue weighted by Crippen LogP contribution is -2.29. The molecule has 0 bridgehead atoms. The van der Waals surface area contributed by atoms with Crippen LogP contribution in [0.5, 0.6) is 0 Å². The van der Waals surface area contributed by atoms with E-state index < -0.39 is 32.5 Å². The molecule has 0 aliphatic heterocycles. The largest absolute Gasteiger partial charge is 0.469 e. The SMILES string of the molecule is CC/C=C\C/C=C\C/C=C\C/C=C\C/C=C\CCCCCC(=O)O[C@H](COC(=O)CCCCCC/C=C\C/C=C\C/C=C\C/C=C\CC)COP(=O)(O)O. The zero-order valence-electron chi connectivity index (χ0n) is 33.3. The molecule has 0 fully saturated rings. The summed E-state index contributed by atoms with van der Waals surface area (Å²) in [6, 6.07) is 0. The highest BCUT2D eigenvalue weighted by atomic mass is 31.2. The first-order chi connectivity index (χ1) is 26.3. The third-order valence-corrected chi connectivity index (χ3v) is 8.27. The number of carbonyl (C=O) groups is 2. The second-order valence-corrected chi connectivity index (χ2v) is 14.1. The zero-order chi connectivity index (χ0) is 39.6. The Bertz CT molecular complexity index is 1230. The van der Waals surface area contributed by atoms with Gasteiger partial charge in [-0.2, -0.15) is 0 Å². The maximum atomic E-state index is 12.4. The molecular weight excluding hydrogens is 699 g/mol. The zero-order valence-corrected chi connectivity index (χ0v) is 34.2. The first-order valence-corrected chi connectivity index (χ1v) is 21.7. The number of phosphoric acid groups is 1. The second-order valence-electron chi connectivity index (χ2n) is 12.8. The van der Waals surface area contributed by atoms with Gasteiger partial charge in [0, 0.05) is 12.8 Å². The molecule has 0 rings (SSSR count). The van der Waals surface area contributed by atoms with Gasteiger partial charge in [0.15, 0.2) is 6.10 Å². The lowest BCUT2D eigenvalue weighted by Gasteiger charge is -2.18. The van der Waals surface area contributed by atoms with Crippen LogP contribution in [0.2, 0.25) is 0 Å². The molecule has 2 N–H and O–H groups in total.